The van der Waals surface area contributed by atoms with Crippen LogP contribution in [0.15, 0.2) is 0 Å². The number of unbranched alkanes of at least 4 members (excludes halogenated alkanes) is 3. The van der Waals surface area contributed by atoms with Gasteiger partial charge in [-0.1, -0.05) is 0 Å². The van der Waals surface area contributed by atoms with Gasteiger partial charge in [0, 0.05) is 0 Å². The van der Waals surface area contributed by atoms with Crippen LogP contribution >= 0.6 is 0 Å². The van der Waals surface area contributed by atoms with Crippen molar-refractivity contribution < 1.29 is 32.8 Å². The summed E-state index contributed by atoms with van der Waals surface area (Å²) in [5.74, 6) is -3.53. The molecule has 9 heteroatoms. The van der Waals surface area contributed by atoms with E-state index < -0.39 is 33.2 Å². The Balaban J connectivity index is 0. The van der Waals surface area contributed by atoms with Gasteiger partial charge in [-0.3, -0.25) is 14.1 Å². The number of carbonyl (C=O) groups is 2. The predicted molar refractivity (Wildman–Crippen MR) is 107 cm³/mol. The van der Waals surface area contributed by atoms with Crippen LogP contribution in [0.1, 0.15) is 91.9 Å². The van der Waals surface area contributed by atoms with Crippen molar-refractivity contribution in [2.75, 3.05) is 0 Å². The molecule has 0 amide bonds. The van der Waals surface area contributed by atoms with Gasteiger partial charge in [0.1, 0.15) is 0 Å². The van der Waals surface area contributed by atoms with Crippen LogP contribution in [0.4, 0.5) is 0 Å². The van der Waals surface area contributed by atoms with Crippen LogP contribution in [0, 0.1) is 0 Å². The molecule has 0 aliphatic heterocycles. The van der Waals surface area contributed by atoms with E-state index in [0.29, 0.717) is 6.92 Å². The van der Waals surface area contributed by atoms with Gasteiger partial charge in [0.15, 0.2) is 0 Å². The number of carboxylic acid groups (broad SMARTS) is 2. The van der Waals surface area contributed by atoms with Crippen LogP contribution in [-0.4, -0.2) is 67.8 Å². The fraction of sp³-hybridized carbons (Fsp3) is 0.889. The van der Waals surface area contributed by atoms with E-state index in [1.54, 1.807) is 0 Å². The minimum absolute atomic E-state index is 0.624. The maximum atomic E-state index is 10.5. The molecule has 0 bridgehead atoms. The zero-order valence-corrected chi connectivity index (χ0v) is 20.3. The van der Waals surface area contributed by atoms with E-state index in [9.17, 15) is 18.0 Å². The predicted octanol–water partition coefficient (Wildman–Crippen LogP) is 4.08. The van der Waals surface area contributed by atoms with Crippen molar-refractivity contribution in [1.82, 2.24) is 0 Å². The summed E-state index contributed by atoms with van der Waals surface area (Å²) in [7, 11) is -4.94. The van der Waals surface area contributed by atoms with Gasteiger partial charge in [-0.05, 0) is 6.92 Å². The third-order valence-electron chi connectivity index (χ3n) is 4.85. The molecule has 3 N–H and O–H groups in total. The Labute approximate surface area is 181 Å². The summed E-state index contributed by atoms with van der Waals surface area (Å²) >= 11 is 1.41. The number of aliphatic carboxylic acids is 2. The van der Waals surface area contributed by atoms with Crippen molar-refractivity contribution in [3.05, 3.63) is 0 Å². The molecule has 1 unspecified atom stereocenters. The second-order valence-electron chi connectivity index (χ2n) is 7.70. The summed E-state index contributed by atoms with van der Waals surface area (Å²) in [6, 6.07) is 0. The van der Waals surface area contributed by atoms with Crippen molar-refractivity contribution in [3.63, 3.8) is 0 Å². The first-order valence-electron chi connectivity index (χ1n) is 9.71. The van der Waals surface area contributed by atoms with Gasteiger partial charge in [-0.25, -0.2) is 0 Å². The maximum absolute atomic E-state index is 10.5. The average Bonchev–Trinajstić information content (AvgIpc) is 2.51. The van der Waals surface area contributed by atoms with Crippen LogP contribution in [0.2, 0.25) is 2.66 Å². The van der Waals surface area contributed by atoms with Crippen molar-refractivity contribution in [1.29, 1.82) is 0 Å². The van der Waals surface area contributed by atoms with E-state index in [-0.39, 0.29) is 0 Å². The zero-order chi connectivity index (χ0) is 21.7. The Morgan fingerprint density at radius 1 is 0.889 bits per heavy atom. The molecule has 0 aliphatic rings. The van der Waals surface area contributed by atoms with Gasteiger partial charge in [-0.2, -0.15) is 8.42 Å². The van der Waals surface area contributed by atoms with Crippen LogP contribution in [-0.2, 0) is 19.7 Å². The molecular weight excluding hydrogens is 383 g/mol. The summed E-state index contributed by atoms with van der Waals surface area (Å²) in [5.41, 5.74) is 0. The number of hydrogen-bond acceptors (Lipinski definition) is 4. The summed E-state index contributed by atoms with van der Waals surface area (Å²) in [6.07, 6.45) is 11.8. The summed E-state index contributed by atoms with van der Waals surface area (Å²) in [6.45, 7) is 7.60. The molecule has 0 radical (unpaired) electrons. The van der Waals surface area contributed by atoms with Crippen LogP contribution < -0.4 is 0 Å². The third kappa shape index (κ3) is 12.1. The molecule has 0 aliphatic carbocycles. The second-order valence-corrected chi connectivity index (χ2v) is 11.7. The van der Waals surface area contributed by atoms with Crippen molar-refractivity contribution >= 4 is 50.0 Å². The second kappa shape index (κ2) is 13.9. The summed E-state index contributed by atoms with van der Waals surface area (Å²) in [4.78, 5) is 20.5. The van der Waals surface area contributed by atoms with Gasteiger partial charge in [0.05, 0.1) is 6.42 Å². The van der Waals surface area contributed by atoms with Gasteiger partial charge >= 0.3 is 121 Å². The average molecular weight is 419 g/mol. The minimum atomic E-state index is -4.94. The van der Waals surface area contributed by atoms with E-state index in [2.05, 4.69) is 20.8 Å². The van der Waals surface area contributed by atoms with Crippen molar-refractivity contribution in [3.8, 4) is 0 Å². The molecule has 0 heterocycles. The quantitative estimate of drug-likeness (QED) is 0.233. The fourth-order valence-corrected chi connectivity index (χ4v) is 5.01. The van der Waals surface area contributed by atoms with E-state index in [1.807, 2.05) is 0 Å². The summed E-state index contributed by atoms with van der Waals surface area (Å²) < 4.78 is 27.7. The molecule has 0 saturated carbocycles. The molecule has 0 spiro atoms. The topological polar surface area (TPSA) is 129 Å². The van der Waals surface area contributed by atoms with Crippen LogP contribution in [0.5, 0.6) is 0 Å². The van der Waals surface area contributed by atoms with E-state index in [4.69, 9.17) is 14.8 Å². The number of rotatable bonds is 13. The molecule has 0 fully saturated rings. The Bertz CT molecular complexity index is 542. The standard InChI is InChI=1S/C13H27.C5H8O7S.Na/c1-4-7-8-9-12-13(10-5-2)11-6-3;1-5(4(8)9,2-3(6)7)13(10,11)12;/h4-12H2,1-3H3;2H2,1H3,(H,6,7)(H,8,9)(H,10,11,12);. The Hall–Kier alpha value is -0.150. The first-order valence-corrected chi connectivity index (χ1v) is 12.2. The molecule has 0 aromatic rings. The van der Waals surface area contributed by atoms with Crippen LogP contribution in [0.25, 0.3) is 0 Å². The van der Waals surface area contributed by atoms with Crippen LogP contribution in [0.3, 0.4) is 0 Å². The number of carboxylic acids is 2. The van der Waals surface area contributed by atoms with E-state index in [0.717, 1.165) is 2.66 Å². The van der Waals surface area contributed by atoms with E-state index >= 15 is 0 Å². The van der Waals surface area contributed by atoms with Gasteiger partial charge in [0.2, 0.25) is 4.75 Å². The van der Waals surface area contributed by atoms with Crippen molar-refractivity contribution in [2.24, 2.45) is 0 Å². The monoisotopic (exact) mass is 418 g/mol. The van der Waals surface area contributed by atoms with Gasteiger partial charge < -0.3 is 10.2 Å². The Morgan fingerprint density at radius 3 is 1.63 bits per heavy atom. The third-order valence-corrected chi connectivity index (χ3v) is 7.81. The molecule has 156 valence electrons. The van der Waals surface area contributed by atoms with Crippen molar-refractivity contribution in [2.45, 2.75) is 99.3 Å². The first-order chi connectivity index (χ1) is 12.3. The Morgan fingerprint density at radius 2 is 1.37 bits per heavy atom. The first kappa shape index (κ1) is 29.1. The van der Waals surface area contributed by atoms with Gasteiger partial charge in [0.25, 0.3) is 10.1 Å². The molecule has 0 rings (SSSR count). The van der Waals surface area contributed by atoms with Gasteiger partial charge in [-0.15, -0.1) is 0 Å². The van der Waals surface area contributed by atoms with E-state index in [1.165, 1.54) is 85.7 Å². The molecular formula is C18H35NaO7S. The normalized spacial score (nSPS) is 14.0. The SMILES string of the molecule is CC(CC(=O)O)(C(=O)O)S(=O)(=O)O.CCCCCC[C]([Na])(CCC)CCC. The number of hydrogen-bond donors (Lipinski definition) is 3. The summed E-state index contributed by atoms with van der Waals surface area (Å²) in [5, 5.41) is 16.6. The fourth-order valence-electron chi connectivity index (χ4n) is 3.13. The molecule has 7 nitrogen and oxygen atoms in total. The molecule has 0 saturated heterocycles. The zero-order valence-electron chi connectivity index (χ0n) is 17.5. The molecule has 0 aromatic heterocycles. The molecule has 0 aromatic carbocycles. The molecule has 1 atom stereocenters. The molecule has 27 heavy (non-hydrogen) atoms. The Kier molecular flexibility index (Phi) is 15.0.